The molecule has 2 heteroatoms. The van der Waals surface area contributed by atoms with Crippen molar-refractivity contribution < 1.29 is 0 Å². The van der Waals surface area contributed by atoms with E-state index in [0.29, 0.717) is 0 Å². The zero-order valence-electron chi connectivity index (χ0n) is 9.13. The van der Waals surface area contributed by atoms with Crippen molar-refractivity contribution in [1.82, 2.24) is 0 Å². The monoisotopic (exact) mass is 253 g/mol. The molecule has 0 aromatic heterocycles. The average molecular weight is 254 g/mol. The average Bonchev–Trinajstić information content (AvgIpc) is 2.05. The lowest BCUT2D eigenvalue weighted by atomic mass is 10.1. The minimum absolute atomic E-state index is 0.00520. The summed E-state index contributed by atoms with van der Waals surface area (Å²) in [7, 11) is 0. The van der Waals surface area contributed by atoms with E-state index >= 15 is 0 Å². The molecule has 76 valence electrons. The summed E-state index contributed by atoms with van der Waals surface area (Å²) in [5, 5.41) is 0. The van der Waals surface area contributed by atoms with Gasteiger partial charge in [0.1, 0.15) is 0 Å². The lowest BCUT2D eigenvalue weighted by Crippen LogP contribution is -2.09. The molecule has 0 amide bonds. The zero-order chi connectivity index (χ0) is 10.8. The molecule has 14 heavy (non-hydrogen) atoms. The van der Waals surface area contributed by atoms with Crippen LogP contribution in [-0.4, -0.2) is 11.8 Å². The van der Waals surface area contributed by atoms with Gasteiger partial charge in [0.25, 0.3) is 0 Å². The van der Waals surface area contributed by atoms with E-state index in [-0.39, 0.29) is 5.54 Å². The van der Waals surface area contributed by atoms with Gasteiger partial charge in [-0.3, -0.25) is 4.99 Å². The van der Waals surface area contributed by atoms with E-state index in [2.05, 4.69) is 60.8 Å². The number of halogens is 1. The first-order valence-corrected chi connectivity index (χ1v) is 5.49. The van der Waals surface area contributed by atoms with Gasteiger partial charge in [0.15, 0.2) is 0 Å². The molecule has 0 bridgehead atoms. The number of aliphatic imine (C=N–C) groups is 1. The number of rotatable bonds is 1. The molecule has 0 heterocycles. The fraction of sp³-hybridized carbons (Fsp3) is 0.417. The summed E-state index contributed by atoms with van der Waals surface area (Å²) in [6.45, 7) is 8.38. The Morgan fingerprint density at radius 3 is 2.50 bits per heavy atom. The second-order valence-corrected chi connectivity index (χ2v) is 5.35. The van der Waals surface area contributed by atoms with Crippen molar-refractivity contribution in [3.63, 3.8) is 0 Å². The Morgan fingerprint density at radius 2 is 1.93 bits per heavy atom. The molecular weight excluding hydrogens is 238 g/mol. The van der Waals surface area contributed by atoms with Crippen molar-refractivity contribution in [3.05, 3.63) is 33.8 Å². The number of benzene rings is 1. The molecule has 0 saturated heterocycles. The maximum atomic E-state index is 4.48. The Bertz CT molecular complexity index is 348. The third-order valence-electron chi connectivity index (χ3n) is 1.83. The minimum Gasteiger partial charge on any atom is -0.287 e. The van der Waals surface area contributed by atoms with Crippen LogP contribution in [0, 0.1) is 6.92 Å². The molecule has 1 aromatic carbocycles. The molecule has 1 nitrogen and oxygen atoms in total. The molecule has 0 radical (unpaired) electrons. The van der Waals surface area contributed by atoms with Crippen molar-refractivity contribution in [3.8, 4) is 0 Å². The number of nitrogens with zero attached hydrogens (tertiary/aromatic N) is 1. The van der Waals surface area contributed by atoms with Crippen LogP contribution in [0.1, 0.15) is 31.9 Å². The van der Waals surface area contributed by atoms with Crippen LogP contribution in [0.25, 0.3) is 0 Å². The maximum absolute atomic E-state index is 4.48. The molecular formula is C12H16BrN. The Balaban J connectivity index is 2.97. The highest BCUT2D eigenvalue weighted by Crippen LogP contribution is 2.15. The second kappa shape index (κ2) is 4.26. The first-order chi connectivity index (χ1) is 6.38. The van der Waals surface area contributed by atoms with Gasteiger partial charge in [0.2, 0.25) is 0 Å². The molecule has 0 aliphatic heterocycles. The van der Waals surface area contributed by atoms with E-state index in [9.17, 15) is 0 Å². The quantitative estimate of drug-likeness (QED) is 0.672. The summed E-state index contributed by atoms with van der Waals surface area (Å²) in [5.41, 5.74) is 2.42. The van der Waals surface area contributed by atoms with Crippen molar-refractivity contribution in [2.24, 2.45) is 4.99 Å². The number of hydrogen-bond acceptors (Lipinski definition) is 1. The van der Waals surface area contributed by atoms with Crippen LogP contribution in [-0.2, 0) is 0 Å². The highest BCUT2D eigenvalue weighted by atomic mass is 79.9. The van der Waals surface area contributed by atoms with E-state index in [1.54, 1.807) is 0 Å². The van der Waals surface area contributed by atoms with Crippen LogP contribution in [0.3, 0.4) is 0 Å². The summed E-state index contributed by atoms with van der Waals surface area (Å²) in [5.74, 6) is 0. The molecule has 0 aliphatic rings. The summed E-state index contributed by atoms with van der Waals surface area (Å²) in [6.07, 6.45) is 1.94. The first-order valence-electron chi connectivity index (χ1n) is 4.70. The van der Waals surface area contributed by atoms with Gasteiger partial charge in [0.05, 0.1) is 5.54 Å². The highest BCUT2D eigenvalue weighted by molar-refractivity contribution is 9.10. The Morgan fingerprint density at radius 1 is 1.29 bits per heavy atom. The number of hydrogen-bond donors (Lipinski definition) is 0. The van der Waals surface area contributed by atoms with Crippen LogP contribution in [0.4, 0.5) is 0 Å². The molecule has 0 spiro atoms. The summed E-state index contributed by atoms with van der Waals surface area (Å²) in [6, 6.07) is 6.22. The van der Waals surface area contributed by atoms with Crippen LogP contribution in [0.2, 0.25) is 0 Å². The van der Waals surface area contributed by atoms with Crippen molar-refractivity contribution >= 4 is 22.1 Å². The smallest absolute Gasteiger partial charge is 0.0524 e. The van der Waals surface area contributed by atoms with Crippen LogP contribution < -0.4 is 0 Å². The number of aryl methyl sites for hydroxylation is 1. The van der Waals surface area contributed by atoms with Gasteiger partial charge in [-0.1, -0.05) is 22.0 Å². The van der Waals surface area contributed by atoms with Crippen LogP contribution in [0.15, 0.2) is 27.7 Å². The molecule has 0 N–H and O–H groups in total. The van der Waals surface area contributed by atoms with Crippen molar-refractivity contribution in [2.75, 3.05) is 0 Å². The lowest BCUT2D eigenvalue weighted by molar-refractivity contribution is 0.586. The van der Waals surface area contributed by atoms with Crippen LogP contribution in [0.5, 0.6) is 0 Å². The fourth-order valence-electron chi connectivity index (χ4n) is 1.01. The summed E-state index contributed by atoms with van der Waals surface area (Å²) >= 11 is 3.46. The Hall–Kier alpha value is -0.630. The standard InChI is InChI=1S/C12H16BrN/c1-9-5-6-11(13)7-10(9)8-14-12(2,3)4/h5-8H,1-4H3. The molecule has 1 rings (SSSR count). The maximum Gasteiger partial charge on any atom is 0.0524 e. The van der Waals surface area contributed by atoms with E-state index in [1.165, 1.54) is 11.1 Å². The third-order valence-corrected chi connectivity index (χ3v) is 2.33. The fourth-order valence-corrected chi connectivity index (χ4v) is 1.39. The normalized spacial score (nSPS) is 12.4. The van der Waals surface area contributed by atoms with E-state index < -0.39 is 0 Å². The largest absolute Gasteiger partial charge is 0.287 e. The van der Waals surface area contributed by atoms with Crippen molar-refractivity contribution in [2.45, 2.75) is 33.2 Å². The second-order valence-electron chi connectivity index (χ2n) is 4.43. The van der Waals surface area contributed by atoms with Crippen LogP contribution >= 0.6 is 15.9 Å². The van der Waals surface area contributed by atoms with Gasteiger partial charge in [-0.25, -0.2) is 0 Å². The third kappa shape index (κ3) is 3.62. The molecule has 0 atom stereocenters. The van der Waals surface area contributed by atoms with Crippen molar-refractivity contribution in [1.29, 1.82) is 0 Å². The SMILES string of the molecule is Cc1ccc(Br)cc1C=NC(C)(C)C. The lowest BCUT2D eigenvalue weighted by Gasteiger charge is -2.11. The summed E-state index contributed by atoms with van der Waals surface area (Å²) in [4.78, 5) is 4.48. The summed E-state index contributed by atoms with van der Waals surface area (Å²) < 4.78 is 1.10. The topological polar surface area (TPSA) is 12.4 Å². The predicted octanol–water partition coefficient (Wildman–Crippen LogP) is 3.97. The predicted molar refractivity (Wildman–Crippen MR) is 66.2 cm³/mol. The van der Waals surface area contributed by atoms with E-state index in [0.717, 1.165) is 4.47 Å². The Kier molecular flexibility index (Phi) is 3.48. The van der Waals surface area contributed by atoms with E-state index in [4.69, 9.17) is 0 Å². The first kappa shape index (κ1) is 11.4. The van der Waals surface area contributed by atoms with Gasteiger partial charge < -0.3 is 0 Å². The minimum atomic E-state index is -0.00520. The highest BCUT2D eigenvalue weighted by Gasteiger charge is 2.05. The molecule has 0 saturated carbocycles. The van der Waals surface area contributed by atoms with Gasteiger partial charge in [-0.2, -0.15) is 0 Å². The molecule has 1 aromatic rings. The molecule has 0 fully saturated rings. The zero-order valence-corrected chi connectivity index (χ0v) is 10.7. The molecule has 0 unspecified atom stereocenters. The van der Waals surface area contributed by atoms with Gasteiger partial charge >= 0.3 is 0 Å². The van der Waals surface area contributed by atoms with E-state index in [1.807, 2.05) is 12.3 Å². The van der Waals surface area contributed by atoms with Gasteiger partial charge in [-0.05, 0) is 51.0 Å². The van der Waals surface area contributed by atoms with Gasteiger partial charge in [-0.15, -0.1) is 0 Å². The molecule has 0 aliphatic carbocycles. The van der Waals surface area contributed by atoms with Gasteiger partial charge in [0, 0.05) is 10.7 Å². The Labute approximate surface area is 94.4 Å².